The number of hydrogen-bond donors (Lipinski definition) is 2. The Balaban J connectivity index is 2.45. The van der Waals surface area contributed by atoms with Crippen LogP contribution in [0, 0.1) is 10.5 Å². The fraction of sp³-hybridized carbons (Fsp3) is 0.0909. The molecule has 6 heteroatoms. The normalized spacial score (nSPS) is 10.2. The number of anilines is 1. The molecule has 3 N–H and O–H groups in total. The molecule has 1 aromatic carbocycles. The van der Waals surface area contributed by atoms with Gasteiger partial charge in [-0.1, -0.05) is 12.1 Å². The van der Waals surface area contributed by atoms with Crippen LogP contribution in [0.1, 0.15) is 5.56 Å². The molecule has 0 bridgehead atoms. The van der Waals surface area contributed by atoms with Gasteiger partial charge in [-0.3, -0.25) is 4.79 Å². The van der Waals surface area contributed by atoms with Gasteiger partial charge in [0.25, 0.3) is 5.56 Å². The van der Waals surface area contributed by atoms with Gasteiger partial charge in [-0.25, -0.2) is 4.98 Å². The van der Waals surface area contributed by atoms with E-state index in [1.165, 1.54) is 6.33 Å². The van der Waals surface area contributed by atoms with Crippen LogP contribution in [0.4, 0.5) is 5.69 Å². The van der Waals surface area contributed by atoms with Crippen molar-refractivity contribution < 1.29 is 4.74 Å². The molecule has 0 saturated heterocycles. The lowest BCUT2D eigenvalue weighted by atomic mass is 10.2. The molecule has 0 unspecified atom stereocenters. The maximum atomic E-state index is 11.4. The third-order valence-electron chi connectivity index (χ3n) is 2.21. The van der Waals surface area contributed by atoms with E-state index in [0.717, 1.165) is 5.56 Å². The van der Waals surface area contributed by atoms with E-state index in [2.05, 4.69) is 9.97 Å². The second kappa shape index (κ2) is 4.74. The lowest BCUT2D eigenvalue weighted by Gasteiger charge is -2.10. The Labute approximate surface area is 111 Å². The van der Waals surface area contributed by atoms with Crippen LogP contribution in [0.15, 0.2) is 29.3 Å². The minimum absolute atomic E-state index is 0.234. The molecule has 0 atom stereocenters. The molecule has 0 aliphatic carbocycles. The van der Waals surface area contributed by atoms with Crippen LogP contribution in [0.2, 0.25) is 0 Å². The largest absolute Gasteiger partial charge is 0.435 e. The number of halogens is 1. The van der Waals surface area contributed by atoms with E-state index >= 15 is 0 Å². The van der Waals surface area contributed by atoms with Crippen molar-refractivity contribution in [2.45, 2.75) is 6.92 Å². The first-order valence-electron chi connectivity index (χ1n) is 4.85. The predicted octanol–water partition coefficient (Wildman–Crippen LogP) is 2.06. The van der Waals surface area contributed by atoms with Gasteiger partial charge >= 0.3 is 0 Å². The summed E-state index contributed by atoms with van der Waals surface area (Å²) in [5, 5.41) is 0. The molecule has 0 aliphatic rings. The van der Waals surface area contributed by atoms with E-state index in [1.54, 1.807) is 6.07 Å². The topological polar surface area (TPSA) is 81.0 Å². The van der Waals surface area contributed by atoms with Gasteiger partial charge in [0.05, 0.1) is 12.0 Å². The molecule has 0 saturated carbocycles. The van der Waals surface area contributed by atoms with Crippen LogP contribution >= 0.6 is 22.6 Å². The Morgan fingerprint density at radius 1 is 1.47 bits per heavy atom. The zero-order valence-corrected chi connectivity index (χ0v) is 11.2. The minimum Gasteiger partial charge on any atom is -0.435 e. The molecule has 0 spiro atoms. The number of aromatic nitrogens is 2. The molecule has 2 rings (SSSR count). The number of nitrogens with zero attached hydrogens (tertiary/aromatic N) is 1. The van der Waals surface area contributed by atoms with Gasteiger partial charge in [0, 0.05) is 0 Å². The van der Waals surface area contributed by atoms with E-state index in [1.807, 2.05) is 41.6 Å². The van der Waals surface area contributed by atoms with Crippen molar-refractivity contribution in [3.05, 3.63) is 44.0 Å². The number of H-pyrrole nitrogens is 1. The molecule has 0 fully saturated rings. The summed E-state index contributed by atoms with van der Waals surface area (Å²) >= 11 is 1.88. The second-order valence-electron chi connectivity index (χ2n) is 3.45. The van der Waals surface area contributed by atoms with Gasteiger partial charge < -0.3 is 15.5 Å². The lowest BCUT2D eigenvalue weighted by molar-refractivity contribution is 0.455. The van der Waals surface area contributed by atoms with Crippen LogP contribution in [0.25, 0.3) is 0 Å². The average molecular weight is 343 g/mol. The van der Waals surface area contributed by atoms with E-state index in [9.17, 15) is 4.79 Å². The maximum absolute atomic E-state index is 11.4. The maximum Gasteiger partial charge on any atom is 0.268 e. The number of ether oxygens (including phenoxy) is 1. The Morgan fingerprint density at radius 2 is 2.24 bits per heavy atom. The number of para-hydroxylation sites is 1. The highest BCUT2D eigenvalue weighted by Crippen LogP contribution is 2.30. The van der Waals surface area contributed by atoms with Crippen molar-refractivity contribution in [2.75, 3.05) is 5.73 Å². The molecular formula is C11H10IN3O2. The minimum atomic E-state index is -0.234. The molecule has 2 aromatic rings. The van der Waals surface area contributed by atoms with Gasteiger partial charge in [0.2, 0.25) is 5.88 Å². The Kier molecular flexibility index (Phi) is 3.32. The van der Waals surface area contributed by atoms with Crippen LogP contribution in [0.3, 0.4) is 0 Å². The smallest absolute Gasteiger partial charge is 0.268 e. The summed E-state index contributed by atoms with van der Waals surface area (Å²) in [6.07, 6.45) is 1.30. The van der Waals surface area contributed by atoms with E-state index in [0.29, 0.717) is 15.0 Å². The molecule has 88 valence electrons. The summed E-state index contributed by atoms with van der Waals surface area (Å²) in [7, 11) is 0. The number of benzene rings is 1. The first-order valence-corrected chi connectivity index (χ1v) is 5.93. The molecule has 0 amide bonds. The highest BCUT2D eigenvalue weighted by molar-refractivity contribution is 14.1. The number of aromatic amines is 1. The number of hydrogen-bond acceptors (Lipinski definition) is 4. The third kappa shape index (κ3) is 2.41. The summed E-state index contributed by atoms with van der Waals surface area (Å²) in [4.78, 5) is 17.8. The Hall–Kier alpha value is -1.57. The van der Waals surface area contributed by atoms with Crippen LogP contribution in [-0.4, -0.2) is 9.97 Å². The summed E-state index contributed by atoms with van der Waals surface area (Å²) < 4.78 is 5.98. The number of nitrogen functional groups attached to an aromatic ring is 1. The van der Waals surface area contributed by atoms with Gasteiger partial charge in [-0.2, -0.15) is 0 Å². The van der Waals surface area contributed by atoms with Crippen molar-refractivity contribution in [1.82, 2.24) is 9.97 Å². The lowest BCUT2D eigenvalue weighted by Crippen LogP contribution is -2.11. The van der Waals surface area contributed by atoms with Crippen molar-refractivity contribution in [2.24, 2.45) is 0 Å². The van der Waals surface area contributed by atoms with Gasteiger partial charge in [0.1, 0.15) is 3.57 Å². The fourth-order valence-electron chi connectivity index (χ4n) is 1.35. The molecular weight excluding hydrogens is 333 g/mol. The van der Waals surface area contributed by atoms with Crippen LogP contribution < -0.4 is 16.0 Å². The van der Waals surface area contributed by atoms with E-state index in [4.69, 9.17) is 10.5 Å². The van der Waals surface area contributed by atoms with Crippen molar-refractivity contribution in [1.29, 1.82) is 0 Å². The second-order valence-corrected chi connectivity index (χ2v) is 4.52. The average Bonchev–Trinajstić information content (AvgIpc) is 2.29. The van der Waals surface area contributed by atoms with Crippen molar-refractivity contribution in [3.8, 4) is 11.6 Å². The highest BCUT2D eigenvalue weighted by Gasteiger charge is 2.11. The summed E-state index contributed by atoms with van der Waals surface area (Å²) in [5.41, 5.74) is 6.99. The monoisotopic (exact) mass is 343 g/mol. The summed E-state index contributed by atoms with van der Waals surface area (Å²) in [5.74, 6) is 0.791. The van der Waals surface area contributed by atoms with Gasteiger partial charge in [-0.15, -0.1) is 0 Å². The quantitative estimate of drug-likeness (QED) is 0.646. The molecule has 0 radical (unpaired) electrons. The zero-order valence-electron chi connectivity index (χ0n) is 9.03. The molecule has 5 nitrogen and oxygen atoms in total. The SMILES string of the molecule is Cc1cccc(N)c1Oc1nc[nH]c(=O)c1I. The third-order valence-corrected chi connectivity index (χ3v) is 3.16. The fourth-order valence-corrected chi connectivity index (χ4v) is 1.75. The van der Waals surface area contributed by atoms with Gasteiger partial charge in [0.15, 0.2) is 5.75 Å². The molecule has 1 aromatic heterocycles. The number of nitrogens with one attached hydrogen (secondary N) is 1. The highest BCUT2D eigenvalue weighted by atomic mass is 127. The summed E-state index contributed by atoms with van der Waals surface area (Å²) in [6, 6.07) is 5.46. The van der Waals surface area contributed by atoms with Crippen LogP contribution in [0.5, 0.6) is 11.6 Å². The Morgan fingerprint density at radius 3 is 2.94 bits per heavy atom. The molecule has 17 heavy (non-hydrogen) atoms. The van der Waals surface area contributed by atoms with Crippen molar-refractivity contribution >= 4 is 28.3 Å². The molecule has 0 aliphatic heterocycles. The number of nitrogens with two attached hydrogens (primary N) is 1. The summed E-state index contributed by atoms with van der Waals surface area (Å²) in [6.45, 7) is 1.88. The first-order chi connectivity index (χ1) is 8.09. The first kappa shape index (κ1) is 11.9. The number of aryl methyl sites for hydroxylation is 1. The van der Waals surface area contributed by atoms with Crippen molar-refractivity contribution in [3.63, 3.8) is 0 Å². The predicted molar refractivity (Wildman–Crippen MR) is 73.2 cm³/mol. The zero-order chi connectivity index (χ0) is 12.4. The number of rotatable bonds is 2. The van der Waals surface area contributed by atoms with E-state index in [-0.39, 0.29) is 11.4 Å². The van der Waals surface area contributed by atoms with Crippen LogP contribution in [-0.2, 0) is 0 Å². The van der Waals surface area contributed by atoms with Gasteiger partial charge in [-0.05, 0) is 41.1 Å². The Bertz CT molecular complexity index is 590. The molecule has 1 heterocycles. The standard InChI is InChI=1S/C11H10IN3O2/c1-6-3-2-4-7(13)9(6)17-11-8(12)10(16)14-5-15-11/h2-5H,13H2,1H3,(H,14,15,16). The van der Waals surface area contributed by atoms with E-state index < -0.39 is 0 Å².